The maximum Gasteiger partial charge on any atom is 0.0474 e. The van der Waals surface area contributed by atoms with E-state index in [1.165, 1.54) is 16.7 Å². The summed E-state index contributed by atoms with van der Waals surface area (Å²) in [4.78, 5) is 0. The number of hydrogen-bond donors (Lipinski definition) is 0. The van der Waals surface area contributed by atoms with E-state index in [0.717, 1.165) is 0 Å². The van der Waals surface area contributed by atoms with E-state index in [1.54, 1.807) is 0 Å². The first-order valence-electron chi connectivity index (χ1n) is 5.51. The van der Waals surface area contributed by atoms with Crippen LogP contribution >= 0.6 is 11.6 Å². The molecule has 0 radical (unpaired) electrons. The van der Waals surface area contributed by atoms with Gasteiger partial charge in [-0.15, -0.1) is 11.6 Å². The van der Waals surface area contributed by atoms with Gasteiger partial charge in [0.2, 0.25) is 0 Å². The van der Waals surface area contributed by atoms with Crippen molar-refractivity contribution in [1.82, 2.24) is 0 Å². The predicted molar refractivity (Wildman–Crippen MR) is 70.0 cm³/mol. The smallest absolute Gasteiger partial charge is 0.0474 e. The molecular formula is C15H15Cl. The second kappa shape index (κ2) is 5.18. The van der Waals surface area contributed by atoms with E-state index < -0.39 is 0 Å². The van der Waals surface area contributed by atoms with Crippen molar-refractivity contribution in [2.45, 2.75) is 18.7 Å². The molecule has 0 spiro atoms. The molecule has 1 unspecified atom stereocenters. The lowest BCUT2D eigenvalue weighted by atomic mass is 9.93. The van der Waals surface area contributed by atoms with Gasteiger partial charge >= 0.3 is 0 Å². The number of hydrogen-bond acceptors (Lipinski definition) is 0. The highest BCUT2D eigenvalue weighted by Gasteiger charge is 2.07. The summed E-state index contributed by atoms with van der Waals surface area (Å²) in [5.41, 5.74) is 3.85. The van der Waals surface area contributed by atoms with Crippen molar-refractivity contribution < 1.29 is 0 Å². The van der Waals surface area contributed by atoms with E-state index in [0.29, 0.717) is 11.8 Å². The standard InChI is InChI=1S/C15H15Cl/c1-12(14-5-3-2-4-6-14)15-9-7-13(11-16)8-10-15/h2-10,12H,11H2,1H3. The van der Waals surface area contributed by atoms with Crippen LogP contribution in [0.3, 0.4) is 0 Å². The largest absolute Gasteiger partial charge is 0.122 e. The van der Waals surface area contributed by atoms with Gasteiger partial charge < -0.3 is 0 Å². The van der Waals surface area contributed by atoms with Crippen molar-refractivity contribution in [3.63, 3.8) is 0 Å². The normalized spacial score (nSPS) is 12.4. The number of alkyl halides is 1. The molecule has 0 N–H and O–H groups in total. The maximum absolute atomic E-state index is 5.78. The van der Waals surface area contributed by atoms with Crippen LogP contribution in [-0.2, 0) is 5.88 Å². The molecule has 0 aliphatic rings. The molecule has 0 bridgehead atoms. The molecule has 0 fully saturated rings. The van der Waals surface area contributed by atoms with Gasteiger partial charge in [-0.25, -0.2) is 0 Å². The van der Waals surface area contributed by atoms with E-state index >= 15 is 0 Å². The molecule has 2 aromatic carbocycles. The van der Waals surface area contributed by atoms with Crippen LogP contribution in [0.1, 0.15) is 29.5 Å². The van der Waals surface area contributed by atoms with Gasteiger partial charge in [-0.1, -0.05) is 61.5 Å². The van der Waals surface area contributed by atoms with Gasteiger partial charge in [0.1, 0.15) is 0 Å². The van der Waals surface area contributed by atoms with E-state index in [9.17, 15) is 0 Å². The fourth-order valence-electron chi connectivity index (χ4n) is 1.83. The Morgan fingerprint density at radius 1 is 0.875 bits per heavy atom. The predicted octanol–water partition coefficient (Wildman–Crippen LogP) is 4.58. The molecule has 2 rings (SSSR count). The topological polar surface area (TPSA) is 0 Å². The zero-order valence-electron chi connectivity index (χ0n) is 9.36. The molecule has 2 aromatic rings. The van der Waals surface area contributed by atoms with E-state index in [4.69, 9.17) is 11.6 Å². The van der Waals surface area contributed by atoms with Crippen molar-refractivity contribution in [3.05, 3.63) is 71.3 Å². The van der Waals surface area contributed by atoms with Crippen LogP contribution in [0, 0.1) is 0 Å². The van der Waals surface area contributed by atoms with Gasteiger partial charge in [-0.3, -0.25) is 0 Å². The molecule has 1 atom stereocenters. The fraction of sp³-hybridized carbons (Fsp3) is 0.200. The zero-order chi connectivity index (χ0) is 11.4. The van der Waals surface area contributed by atoms with Gasteiger partial charge in [-0.2, -0.15) is 0 Å². The molecule has 16 heavy (non-hydrogen) atoms. The van der Waals surface area contributed by atoms with Crippen LogP contribution in [0.25, 0.3) is 0 Å². The summed E-state index contributed by atoms with van der Waals surface area (Å²) < 4.78 is 0. The summed E-state index contributed by atoms with van der Waals surface area (Å²) >= 11 is 5.78. The summed E-state index contributed by atoms with van der Waals surface area (Å²) in [5.74, 6) is 1.02. The van der Waals surface area contributed by atoms with Crippen LogP contribution in [0.4, 0.5) is 0 Å². The number of benzene rings is 2. The monoisotopic (exact) mass is 230 g/mol. The Hall–Kier alpha value is -1.27. The summed E-state index contributed by atoms with van der Waals surface area (Å²) in [6.07, 6.45) is 0. The minimum atomic E-state index is 0.436. The second-order valence-electron chi connectivity index (χ2n) is 4.01. The lowest BCUT2D eigenvalue weighted by Crippen LogP contribution is -1.95. The molecule has 0 heterocycles. The van der Waals surface area contributed by atoms with E-state index in [2.05, 4.69) is 55.5 Å². The van der Waals surface area contributed by atoms with E-state index in [1.807, 2.05) is 6.07 Å². The quantitative estimate of drug-likeness (QED) is 0.678. The van der Waals surface area contributed by atoms with Crippen LogP contribution in [-0.4, -0.2) is 0 Å². The summed E-state index contributed by atoms with van der Waals surface area (Å²) in [6.45, 7) is 2.23. The van der Waals surface area contributed by atoms with Crippen LogP contribution in [0.2, 0.25) is 0 Å². The molecule has 0 saturated heterocycles. The Morgan fingerprint density at radius 2 is 1.44 bits per heavy atom. The van der Waals surface area contributed by atoms with E-state index in [-0.39, 0.29) is 0 Å². The van der Waals surface area contributed by atoms with Gasteiger partial charge in [0.15, 0.2) is 0 Å². The van der Waals surface area contributed by atoms with Crippen molar-refractivity contribution in [3.8, 4) is 0 Å². The van der Waals surface area contributed by atoms with Crippen LogP contribution in [0.5, 0.6) is 0 Å². The third-order valence-electron chi connectivity index (χ3n) is 2.93. The highest BCUT2D eigenvalue weighted by molar-refractivity contribution is 6.17. The lowest BCUT2D eigenvalue weighted by molar-refractivity contribution is 0.921. The lowest BCUT2D eigenvalue weighted by Gasteiger charge is -2.12. The minimum Gasteiger partial charge on any atom is -0.122 e. The zero-order valence-corrected chi connectivity index (χ0v) is 10.1. The SMILES string of the molecule is CC(c1ccccc1)c1ccc(CCl)cc1. The summed E-state index contributed by atoms with van der Waals surface area (Å²) in [6, 6.07) is 19.1. The minimum absolute atomic E-state index is 0.436. The van der Waals surface area contributed by atoms with Gasteiger partial charge in [-0.05, 0) is 16.7 Å². The molecule has 82 valence electrons. The molecule has 1 heteroatoms. The van der Waals surface area contributed by atoms with Crippen molar-refractivity contribution in [2.75, 3.05) is 0 Å². The average molecular weight is 231 g/mol. The fourth-order valence-corrected chi connectivity index (χ4v) is 2.01. The summed E-state index contributed by atoms with van der Waals surface area (Å²) in [5, 5.41) is 0. The van der Waals surface area contributed by atoms with Crippen molar-refractivity contribution in [2.24, 2.45) is 0 Å². The van der Waals surface area contributed by atoms with Crippen molar-refractivity contribution in [1.29, 1.82) is 0 Å². The Bertz CT molecular complexity index is 431. The molecular weight excluding hydrogens is 216 g/mol. The first-order valence-corrected chi connectivity index (χ1v) is 6.04. The first kappa shape index (κ1) is 11.2. The molecule has 0 aromatic heterocycles. The van der Waals surface area contributed by atoms with Crippen molar-refractivity contribution >= 4 is 11.6 Å². The second-order valence-corrected chi connectivity index (χ2v) is 4.27. The Morgan fingerprint density at radius 3 is 2.00 bits per heavy atom. The molecule has 0 aliphatic heterocycles. The molecule has 0 saturated carbocycles. The highest BCUT2D eigenvalue weighted by Crippen LogP contribution is 2.24. The number of rotatable bonds is 3. The Labute approximate surface area is 102 Å². The Balaban J connectivity index is 2.24. The van der Waals surface area contributed by atoms with Gasteiger partial charge in [0.25, 0.3) is 0 Å². The third kappa shape index (κ3) is 2.45. The summed E-state index contributed by atoms with van der Waals surface area (Å²) in [7, 11) is 0. The van der Waals surface area contributed by atoms with Gasteiger partial charge in [0, 0.05) is 11.8 Å². The highest BCUT2D eigenvalue weighted by atomic mass is 35.5. The molecule has 0 nitrogen and oxygen atoms in total. The van der Waals surface area contributed by atoms with Gasteiger partial charge in [0.05, 0.1) is 0 Å². The van der Waals surface area contributed by atoms with Crippen LogP contribution < -0.4 is 0 Å². The first-order chi connectivity index (χ1) is 7.81. The molecule has 0 aliphatic carbocycles. The maximum atomic E-state index is 5.78. The average Bonchev–Trinajstić information content (AvgIpc) is 2.39. The van der Waals surface area contributed by atoms with Crippen LogP contribution in [0.15, 0.2) is 54.6 Å². The molecule has 0 amide bonds. The number of halogens is 1. The Kier molecular flexibility index (Phi) is 3.63. The third-order valence-corrected chi connectivity index (χ3v) is 3.24.